The Labute approximate surface area is 138 Å². The van der Waals surface area contributed by atoms with E-state index in [0.29, 0.717) is 5.56 Å². The van der Waals surface area contributed by atoms with Crippen molar-refractivity contribution in [2.75, 3.05) is 12.4 Å². The predicted octanol–water partition coefficient (Wildman–Crippen LogP) is 3.32. The first-order valence-corrected chi connectivity index (χ1v) is 7.60. The van der Waals surface area contributed by atoms with Crippen molar-refractivity contribution in [2.24, 2.45) is 0 Å². The molecule has 0 spiro atoms. The van der Waals surface area contributed by atoms with Crippen LogP contribution in [0.5, 0.6) is 0 Å². The first-order chi connectivity index (χ1) is 11.6. The van der Waals surface area contributed by atoms with Crippen molar-refractivity contribution in [1.82, 2.24) is 9.97 Å². The molecule has 2 heterocycles. The second kappa shape index (κ2) is 6.54. The molecule has 0 aliphatic rings. The lowest BCUT2D eigenvalue weighted by Crippen LogP contribution is -2.03. The molecule has 6 nitrogen and oxygen atoms in total. The van der Waals surface area contributed by atoms with Gasteiger partial charge in [0.15, 0.2) is 5.78 Å². The number of nitrogens with one attached hydrogen (secondary N) is 2. The van der Waals surface area contributed by atoms with Crippen LogP contribution < -0.4 is 5.32 Å². The van der Waals surface area contributed by atoms with Crippen LogP contribution in [0.3, 0.4) is 0 Å². The molecule has 1 aromatic carbocycles. The second-order valence-electron chi connectivity index (χ2n) is 5.44. The predicted molar refractivity (Wildman–Crippen MR) is 92.3 cm³/mol. The van der Waals surface area contributed by atoms with Crippen LogP contribution in [0.1, 0.15) is 23.2 Å². The number of anilines is 1. The molecule has 2 aromatic heterocycles. The second-order valence-corrected chi connectivity index (χ2v) is 5.44. The zero-order valence-electron chi connectivity index (χ0n) is 13.2. The maximum Gasteiger partial charge on any atom is 0.303 e. The number of rotatable bonds is 6. The van der Waals surface area contributed by atoms with E-state index < -0.39 is 5.97 Å². The maximum absolute atomic E-state index is 12.0. The van der Waals surface area contributed by atoms with Gasteiger partial charge in [-0.05, 0) is 23.3 Å². The molecule has 122 valence electrons. The summed E-state index contributed by atoms with van der Waals surface area (Å²) in [6.07, 6.45) is 1.70. The number of carboxylic acid groups (broad SMARTS) is 1. The Kier molecular flexibility index (Phi) is 4.29. The zero-order chi connectivity index (χ0) is 17.1. The molecule has 0 fully saturated rings. The lowest BCUT2D eigenvalue weighted by Gasteiger charge is -2.08. The number of aromatic nitrogens is 2. The summed E-state index contributed by atoms with van der Waals surface area (Å²) in [5.74, 6) is -0.380. The minimum absolute atomic E-state index is 0.00982. The van der Waals surface area contributed by atoms with Crippen molar-refractivity contribution in [3.8, 4) is 11.1 Å². The van der Waals surface area contributed by atoms with Gasteiger partial charge in [-0.15, -0.1) is 0 Å². The van der Waals surface area contributed by atoms with Gasteiger partial charge in [-0.3, -0.25) is 9.59 Å². The number of pyridine rings is 1. The number of hydrogen-bond donors (Lipinski definition) is 3. The fourth-order valence-corrected chi connectivity index (χ4v) is 2.61. The van der Waals surface area contributed by atoms with Crippen LogP contribution in [0.2, 0.25) is 0 Å². The lowest BCUT2D eigenvalue weighted by atomic mass is 9.99. The van der Waals surface area contributed by atoms with E-state index in [0.717, 1.165) is 28.0 Å². The Morgan fingerprint density at radius 2 is 1.92 bits per heavy atom. The van der Waals surface area contributed by atoms with Crippen LogP contribution in [0.15, 0.2) is 42.6 Å². The van der Waals surface area contributed by atoms with E-state index >= 15 is 0 Å². The van der Waals surface area contributed by atoms with Crippen LogP contribution in [-0.4, -0.2) is 33.9 Å². The summed E-state index contributed by atoms with van der Waals surface area (Å²) in [7, 11) is 1.81. The first kappa shape index (κ1) is 15.7. The van der Waals surface area contributed by atoms with Gasteiger partial charge in [0.05, 0.1) is 6.42 Å². The van der Waals surface area contributed by atoms with Crippen molar-refractivity contribution in [1.29, 1.82) is 0 Å². The van der Waals surface area contributed by atoms with Crippen molar-refractivity contribution in [3.63, 3.8) is 0 Å². The van der Waals surface area contributed by atoms with Gasteiger partial charge >= 0.3 is 5.97 Å². The molecule has 6 heteroatoms. The highest BCUT2D eigenvalue weighted by Gasteiger charge is 2.11. The number of Topliss-reactive ketones (excluding diaryl/α,β-unsaturated/α-hetero) is 1. The molecular formula is C18H17N3O3. The molecular weight excluding hydrogens is 306 g/mol. The summed E-state index contributed by atoms with van der Waals surface area (Å²) in [5.41, 5.74) is 3.29. The Hall–Kier alpha value is -3.15. The van der Waals surface area contributed by atoms with E-state index in [-0.39, 0.29) is 18.6 Å². The monoisotopic (exact) mass is 323 g/mol. The summed E-state index contributed by atoms with van der Waals surface area (Å²) in [5, 5.41) is 12.7. The number of carbonyl (C=O) groups is 2. The number of aliphatic carboxylic acids is 1. The minimum atomic E-state index is -0.966. The van der Waals surface area contributed by atoms with Gasteiger partial charge in [-0.1, -0.05) is 24.3 Å². The van der Waals surface area contributed by atoms with E-state index in [2.05, 4.69) is 15.3 Å². The number of fused-ring (bicyclic) bond motifs is 1. The van der Waals surface area contributed by atoms with E-state index in [1.165, 1.54) is 0 Å². The average molecular weight is 323 g/mol. The SMILES string of the molecule is CNc1cc(-c2ccc(C(=O)CCC(=O)O)cc2)c2cc[nH]c2n1. The molecule has 0 saturated carbocycles. The van der Waals surface area contributed by atoms with Gasteiger partial charge in [0.1, 0.15) is 11.5 Å². The molecule has 0 bridgehead atoms. The van der Waals surface area contributed by atoms with Gasteiger partial charge in [0.2, 0.25) is 0 Å². The highest BCUT2D eigenvalue weighted by atomic mass is 16.4. The van der Waals surface area contributed by atoms with Crippen molar-refractivity contribution >= 4 is 28.6 Å². The third-order valence-electron chi connectivity index (χ3n) is 3.87. The van der Waals surface area contributed by atoms with E-state index in [1.54, 1.807) is 12.1 Å². The van der Waals surface area contributed by atoms with Crippen LogP contribution in [0.4, 0.5) is 5.82 Å². The maximum atomic E-state index is 12.0. The summed E-state index contributed by atoms with van der Waals surface area (Å²) >= 11 is 0. The van der Waals surface area contributed by atoms with Gasteiger partial charge in [0, 0.05) is 30.6 Å². The number of carboxylic acids is 1. The van der Waals surface area contributed by atoms with Crippen molar-refractivity contribution in [2.45, 2.75) is 12.8 Å². The highest BCUT2D eigenvalue weighted by Crippen LogP contribution is 2.30. The zero-order valence-corrected chi connectivity index (χ0v) is 13.2. The quantitative estimate of drug-likeness (QED) is 0.605. The molecule has 0 aliphatic carbocycles. The van der Waals surface area contributed by atoms with Gasteiger partial charge in [-0.2, -0.15) is 0 Å². The highest BCUT2D eigenvalue weighted by molar-refractivity contribution is 5.99. The molecule has 3 N–H and O–H groups in total. The fourth-order valence-electron chi connectivity index (χ4n) is 2.61. The van der Waals surface area contributed by atoms with Gasteiger partial charge in [-0.25, -0.2) is 4.98 Å². The number of nitrogens with zero attached hydrogens (tertiary/aromatic N) is 1. The van der Waals surface area contributed by atoms with Crippen molar-refractivity contribution < 1.29 is 14.7 Å². The number of aromatic amines is 1. The Bertz CT molecular complexity index is 898. The average Bonchev–Trinajstić information content (AvgIpc) is 3.07. The van der Waals surface area contributed by atoms with E-state index in [9.17, 15) is 9.59 Å². The van der Waals surface area contributed by atoms with Crippen LogP contribution in [-0.2, 0) is 4.79 Å². The Balaban J connectivity index is 1.92. The van der Waals surface area contributed by atoms with Crippen LogP contribution >= 0.6 is 0 Å². The topological polar surface area (TPSA) is 95.1 Å². The summed E-state index contributed by atoms with van der Waals surface area (Å²) in [6.45, 7) is 0. The molecule has 0 amide bonds. The first-order valence-electron chi connectivity index (χ1n) is 7.60. The summed E-state index contributed by atoms with van der Waals surface area (Å²) < 4.78 is 0. The molecule has 3 aromatic rings. The van der Waals surface area contributed by atoms with E-state index in [1.807, 2.05) is 37.5 Å². The number of ketones is 1. The molecule has 24 heavy (non-hydrogen) atoms. The fraction of sp³-hybridized carbons (Fsp3) is 0.167. The third kappa shape index (κ3) is 3.12. The minimum Gasteiger partial charge on any atom is -0.481 e. The van der Waals surface area contributed by atoms with Crippen LogP contribution in [0, 0.1) is 0 Å². The Morgan fingerprint density at radius 3 is 2.58 bits per heavy atom. The van der Waals surface area contributed by atoms with E-state index in [4.69, 9.17) is 5.11 Å². The molecule has 0 radical (unpaired) electrons. The molecule has 0 unspecified atom stereocenters. The summed E-state index contributed by atoms with van der Waals surface area (Å²) in [6, 6.07) is 11.1. The van der Waals surface area contributed by atoms with Crippen LogP contribution in [0.25, 0.3) is 22.2 Å². The normalized spacial score (nSPS) is 10.7. The molecule has 0 aliphatic heterocycles. The number of H-pyrrole nitrogens is 1. The molecule has 0 saturated heterocycles. The molecule has 0 atom stereocenters. The number of hydrogen-bond acceptors (Lipinski definition) is 4. The van der Waals surface area contributed by atoms with Gasteiger partial charge < -0.3 is 15.4 Å². The third-order valence-corrected chi connectivity index (χ3v) is 3.87. The molecule has 3 rings (SSSR count). The van der Waals surface area contributed by atoms with Gasteiger partial charge in [0.25, 0.3) is 0 Å². The van der Waals surface area contributed by atoms with Crippen molar-refractivity contribution in [3.05, 3.63) is 48.2 Å². The largest absolute Gasteiger partial charge is 0.481 e. The summed E-state index contributed by atoms with van der Waals surface area (Å²) in [4.78, 5) is 30.1. The Morgan fingerprint density at radius 1 is 1.17 bits per heavy atom. The smallest absolute Gasteiger partial charge is 0.303 e. The number of benzene rings is 1. The standard InChI is InChI=1S/C18H17N3O3/c1-19-16-10-14(13-8-9-20-18(13)21-16)11-2-4-12(5-3-11)15(22)6-7-17(23)24/h2-5,8-10H,6-7H2,1H3,(H,23,24)(H2,19,20,21). The number of carbonyl (C=O) groups excluding carboxylic acids is 1. The lowest BCUT2D eigenvalue weighted by molar-refractivity contribution is -0.136.